The van der Waals surface area contributed by atoms with Crippen LogP contribution in [-0.2, 0) is 0 Å². The minimum atomic E-state index is -0.284. The lowest BCUT2D eigenvalue weighted by atomic mass is 10.2. The molecule has 4 rings (SSSR count). The van der Waals surface area contributed by atoms with Gasteiger partial charge < -0.3 is 20.7 Å². The molecule has 0 spiro atoms. The molecule has 0 bridgehead atoms. The van der Waals surface area contributed by atoms with E-state index in [1.165, 1.54) is 0 Å². The Morgan fingerprint density at radius 1 is 0.711 bits per heavy atom. The molecule has 0 atom stereocenters. The fraction of sp³-hybridized carbons (Fsp3) is 0.161. The van der Waals surface area contributed by atoms with Crippen molar-refractivity contribution in [2.45, 2.75) is 20.3 Å². The zero-order chi connectivity index (χ0) is 26.7. The maximum Gasteiger partial charge on any atom is 0.326 e. The number of aryl methyl sites for hydroxylation is 2. The van der Waals surface area contributed by atoms with Gasteiger partial charge in [0.05, 0.1) is 0 Å². The Labute approximate surface area is 223 Å². The first kappa shape index (κ1) is 26.3. The van der Waals surface area contributed by atoms with Crippen LogP contribution >= 0.6 is 0 Å². The lowest BCUT2D eigenvalue weighted by Crippen LogP contribution is -2.38. The predicted octanol–water partition coefficient (Wildman–Crippen LogP) is 7.35. The molecule has 0 aromatic heterocycles. The molecule has 4 aromatic carbocycles. The van der Waals surface area contributed by atoms with Crippen LogP contribution in [0.1, 0.15) is 17.5 Å². The molecule has 7 heteroatoms. The van der Waals surface area contributed by atoms with Crippen molar-refractivity contribution in [3.8, 4) is 11.5 Å². The summed E-state index contributed by atoms with van der Waals surface area (Å²) < 4.78 is 5.89. The van der Waals surface area contributed by atoms with Gasteiger partial charge in [0, 0.05) is 30.2 Å². The predicted molar refractivity (Wildman–Crippen MR) is 153 cm³/mol. The number of anilines is 3. The van der Waals surface area contributed by atoms with Crippen LogP contribution in [0.15, 0.2) is 103 Å². The van der Waals surface area contributed by atoms with Gasteiger partial charge in [0.15, 0.2) is 0 Å². The summed E-state index contributed by atoms with van der Waals surface area (Å²) in [6.07, 6.45) is 0.560. The molecule has 0 saturated carbocycles. The van der Waals surface area contributed by atoms with Crippen LogP contribution in [0.3, 0.4) is 0 Å². The Morgan fingerprint density at radius 2 is 1.32 bits per heavy atom. The number of nitrogens with one attached hydrogen (secondary N) is 3. The maximum atomic E-state index is 13.3. The highest BCUT2D eigenvalue weighted by molar-refractivity contribution is 6.01. The number of carbonyl (C=O) groups excluding carboxylic acids is 2. The molecule has 194 valence electrons. The van der Waals surface area contributed by atoms with E-state index < -0.39 is 0 Å². The average Bonchev–Trinajstić information content (AvgIpc) is 2.90. The monoisotopic (exact) mass is 508 g/mol. The minimum Gasteiger partial charge on any atom is -0.457 e. The van der Waals surface area contributed by atoms with E-state index in [2.05, 4.69) is 16.0 Å². The van der Waals surface area contributed by atoms with Gasteiger partial charge in [0.25, 0.3) is 0 Å². The van der Waals surface area contributed by atoms with Gasteiger partial charge in [-0.1, -0.05) is 42.5 Å². The largest absolute Gasteiger partial charge is 0.457 e. The van der Waals surface area contributed by atoms with Crippen LogP contribution in [0.4, 0.5) is 26.7 Å². The number of benzene rings is 4. The fourth-order valence-electron chi connectivity index (χ4n) is 3.92. The second kappa shape index (κ2) is 13.0. The van der Waals surface area contributed by atoms with E-state index in [0.29, 0.717) is 25.3 Å². The van der Waals surface area contributed by atoms with Crippen molar-refractivity contribution >= 4 is 29.1 Å². The zero-order valence-electron chi connectivity index (χ0n) is 21.6. The van der Waals surface area contributed by atoms with Gasteiger partial charge in [-0.25, -0.2) is 9.59 Å². The highest BCUT2D eigenvalue weighted by atomic mass is 16.5. The van der Waals surface area contributed by atoms with E-state index >= 15 is 0 Å². The first-order valence-electron chi connectivity index (χ1n) is 12.6. The van der Waals surface area contributed by atoms with E-state index in [0.717, 1.165) is 33.9 Å². The van der Waals surface area contributed by atoms with E-state index in [-0.39, 0.29) is 12.1 Å². The second-order valence-corrected chi connectivity index (χ2v) is 8.96. The number of rotatable bonds is 9. The summed E-state index contributed by atoms with van der Waals surface area (Å²) >= 11 is 0. The van der Waals surface area contributed by atoms with Gasteiger partial charge in [0.1, 0.15) is 11.5 Å². The third-order valence-electron chi connectivity index (χ3n) is 5.76. The summed E-state index contributed by atoms with van der Waals surface area (Å²) in [5.41, 5.74) is 4.30. The van der Waals surface area contributed by atoms with Crippen molar-refractivity contribution in [2.75, 3.05) is 28.6 Å². The standard InChI is InChI=1S/C31H32N4O3/c1-23-9-6-11-25(21-23)33-30(36)32-19-8-20-35(31(37)34-26-12-7-10-24(2)22-26)27-15-17-29(18-16-27)38-28-13-4-3-5-14-28/h3-7,9-18,21-22H,8,19-20H2,1-2H3,(H,34,37)(H2,32,33,36). The second-order valence-electron chi connectivity index (χ2n) is 8.96. The number of para-hydroxylation sites is 1. The smallest absolute Gasteiger partial charge is 0.326 e. The van der Waals surface area contributed by atoms with Crippen molar-refractivity contribution in [2.24, 2.45) is 0 Å². The third-order valence-corrected chi connectivity index (χ3v) is 5.76. The number of carbonyl (C=O) groups is 2. The quantitative estimate of drug-likeness (QED) is 0.207. The highest BCUT2D eigenvalue weighted by Gasteiger charge is 2.16. The van der Waals surface area contributed by atoms with E-state index in [9.17, 15) is 9.59 Å². The molecule has 7 nitrogen and oxygen atoms in total. The lowest BCUT2D eigenvalue weighted by molar-refractivity contribution is 0.252. The van der Waals surface area contributed by atoms with Crippen molar-refractivity contribution in [3.05, 3.63) is 114 Å². The topological polar surface area (TPSA) is 82.7 Å². The molecule has 0 aliphatic carbocycles. The van der Waals surface area contributed by atoms with E-state index in [4.69, 9.17) is 4.74 Å². The number of nitrogens with zero attached hydrogens (tertiary/aromatic N) is 1. The molecule has 4 amide bonds. The summed E-state index contributed by atoms with van der Waals surface area (Å²) in [7, 11) is 0. The molecule has 3 N–H and O–H groups in total. The minimum absolute atomic E-state index is 0.253. The maximum absolute atomic E-state index is 13.3. The lowest BCUT2D eigenvalue weighted by Gasteiger charge is -2.24. The van der Waals surface area contributed by atoms with Crippen LogP contribution in [0.5, 0.6) is 11.5 Å². The molecule has 4 aromatic rings. The summed E-state index contributed by atoms with van der Waals surface area (Å²) in [6, 6.07) is 31.6. The van der Waals surface area contributed by atoms with Crippen molar-refractivity contribution in [1.29, 1.82) is 0 Å². The number of hydrogen-bond donors (Lipinski definition) is 3. The van der Waals surface area contributed by atoms with Gasteiger partial charge in [-0.2, -0.15) is 0 Å². The SMILES string of the molecule is Cc1cccc(NC(=O)NCCCN(C(=O)Nc2cccc(C)c2)c2ccc(Oc3ccccc3)cc2)c1. The Hall–Kier alpha value is -4.78. The van der Waals surface area contributed by atoms with E-state index in [1.807, 2.05) is 117 Å². The number of amides is 4. The third kappa shape index (κ3) is 7.86. The molecule has 0 heterocycles. The molecule has 0 aliphatic rings. The van der Waals surface area contributed by atoms with Gasteiger partial charge in [0.2, 0.25) is 0 Å². The number of ether oxygens (including phenoxy) is 1. The molecular weight excluding hydrogens is 476 g/mol. The fourth-order valence-corrected chi connectivity index (χ4v) is 3.92. The molecule has 0 fully saturated rings. The van der Waals surface area contributed by atoms with Gasteiger partial charge in [-0.15, -0.1) is 0 Å². The summed E-state index contributed by atoms with van der Waals surface area (Å²) in [5, 5.41) is 8.67. The van der Waals surface area contributed by atoms with Crippen molar-refractivity contribution in [3.63, 3.8) is 0 Å². The van der Waals surface area contributed by atoms with Gasteiger partial charge in [-0.3, -0.25) is 4.90 Å². The summed E-state index contributed by atoms with van der Waals surface area (Å²) in [4.78, 5) is 27.3. The molecule has 38 heavy (non-hydrogen) atoms. The first-order chi connectivity index (χ1) is 18.5. The van der Waals surface area contributed by atoms with Crippen molar-refractivity contribution < 1.29 is 14.3 Å². The van der Waals surface area contributed by atoms with Gasteiger partial charge in [-0.05, 0) is 92.1 Å². The van der Waals surface area contributed by atoms with E-state index in [1.54, 1.807) is 4.90 Å². The Balaban J connectivity index is 1.39. The summed E-state index contributed by atoms with van der Waals surface area (Å²) in [6.45, 7) is 4.76. The van der Waals surface area contributed by atoms with Crippen LogP contribution in [0, 0.1) is 13.8 Å². The average molecular weight is 509 g/mol. The molecule has 0 unspecified atom stereocenters. The molecule has 0 saturated heterocycles. The molecular formula is C31H32N4O3. The Kier molecular flexibility index (Phi) is 8.97. The Morgan fingerprint density at radius 3 is 1.95 bits per heavy atom. The summed E-state index contributed by atoms with van der Waals surface area (Å²) in [5.74, 6) is 1.41. The van der Waals surface area contributed by atoms with Crippen LogP contribution < -0.4 is 25.6 Å². The van der Waals surface area contributed by atoms with Gasteiger partial charge >= 0.3 is 12.1 Å². The number of hydrogen-bond acceptors (Lipinski definition) is 3. The molecule has 0 aliphatic heterocycles. The highest BCUT2D eigenvalue weighted by Crippen LogP contribution is 2.25. The van der Waals surface area contributed by atoms with Crippen LogP contribution in [0.25, 0.3) is 0 Å². The zero-order valence-corrected chi connectivity index (χ0v) is 21.6. The van der Waals surface area contributed by atoms with Crippen LogP contribution in [0.2, 0.25) is 0 Å². The first-order valence-corrected chi connectivity index (χ1v) is 12.6. The van der Waals surface area contributed by atoms with Crippen LogP contribution in [-0.4, -0.2) is 25.2 Å². The normalized spacial score (nSPS) is 10.4. The Bertz CT molecular complexity index is 1360. The number of urea groups is 2. The van der Waals surface area contributed by atoms with Crippen molar-refractivity contribution in [1.82, 2.24) is 5.32 Å². The molecule has 0 radical (unpaired) electrons.